The van der Waals surface area contributed by atoms with Gasteiger partial charge in [-0.3, -0.25) is 4.98 Å². The standard InChI is InChI=1S/C21H23ClN2O3S/c1-24(15-16-9-10-20(22)19-8-4-11-23-21(16)19)12-5-13-27-17-6-3-7-18(14-17)28(2,25)26/h3-4,6-11,14H,5,12-13,15H2,1-2H3. The Balaban J connectivity index is 1.53. The Bertz CT molecular complexity index is 1070. The Kier molecular flexibility index (Phi) is 6.54. The van der Waals surface area contributed by atoms with Crippen molar-refractivity contribution in [2.75, 3.05) is 26.5 Å². The first kappa shape index (κ1) is 20.6. The molecule has 0 aliphatic carbocycles. The summed E-state index contributed by atoms with van der Waals surface area (Å²) in [5.74, 6) is 0.568. The van der Waals surface area contributed by atoms with Crippen molar-refractivity contribution in [2.24, 2.45) is 0 Å². The zero-order valence-electron chi connectivity index (χ0n) is 15.9. The van der Waals surface area contributed by atoms with Crippen molar-refractivity contribution in [3.8, 4) is 5.75 Å². The van der Waals surface area contributed by atoms with Gasteiger partial charge in [0.15, 0.2) is 9.84 Å². The van der Waals surface area contributed by atoms with Gasteiger partial charge in [0.25, 0.3) is 0 Å². The van der Waals surface area contributed by atoms with E-state index in [1.165, 1.54) is 6.26 Å². The van der Waals surface area contributed by atoms with Gasteiger partial charge in [-0.2, -0.15) is 0 Å². The summed E-state index contributed by atoms with van der Waals surface area (Å²) in [6.07, 6.45) is 3.79. The molecule has 3 aromatic rings. The number of hydrogen-bond acceptors (Lipinski definition) is 5. The second-order valence-electron chi connectivity index (χ2n) is 6.79. The predicted molar refractivity (Wildman–Crippen MR) is 113 cm³/mol. The molecule has 0 radical (unpaired) electrons. The summed E-state index contributed by atoms with van der Waals surface area (Å²) in [6, 6.07) is 14.4. The van der Waals surface area contributed by atoms with Crippen LogP contribution in [0.25, 0.3) is 10.9 Å². The number of halogens is 1. The summed E-state index contributed by atoms with van der Waals surface area (Å²) in [7, 11) is -1.18. The molecule has 2 aromatic carbocycles. The van der Waals surface area contributed by atoms with E-state index in [0.717, 1.165) is 36.0 Å². The lowest BCUT2D eigenvalue weighted by Gasteiger charge is -2.18. The molecule has 5 nitrogen and oxygen atoms in total. The van der Waals surface area contributed by atoms with E-state index in [2.05, 4.69) is 9.88 Å². The van der Waals surface area contributed by atoms with Gasteiger partial charge in [-0.05, 0) is 55.4 Å². The average molecular weight is 419 g/mol. The molecule has 28 heavy (non-hydrogen) atoms. The fourth-order valence-electron chi connectivity index (χ4n) is 3.01. The molecule has 0 fully saturated rings. The summed E-state index contributed by atoms with van der Waals surface area (Å²) < 4.78 is 28.9. The van der Waals surface area contributed by atoms with Crippen LogP contribution >= 0.6 is 11.6 Å². The Morgan fingerprint density at radius 3 is 2.75 bits per heavy atom. The van der Waals surface area contributed by atoms with E-state index in [9.17, 15) is 8.42 Å². The van der Waals surface area contributed by atoms with Crippen molar-refractivity contribution in [1.82, 2.24) is 9.88 Å². The van der Waals surface area contributed by atoms with E-state index < -0.39 is 9.84 Å². The third kappa shape index (κ3) is 5.22. The van der Waals surface area contributed by atoms with Gasteiger partial charge in [0.2, 0.25) is 0 Å². The average Bonchev–Trinajstić information content (AvgIpc) is 2.67. The molecular formula is C21H23ClN2O3S. The van der Waals surface area contributed by atoms with Crippen molar-refractivity contribution in [3.05, 3.63) is 65.3 Å². The highest BCUT2D eigenvalue weighted by atomic mass is 35.5. The summed E-state index contributed by atoms with van der Waals surface area (Å²) in [5.41, 5.74) is 2.06. The highest BCUT2D eigenvalue weighted by Gasteiger charge is 2.09. The highest BCUT2D eigenvalue weighted by Crippen LogP contribution is 2.25. The molecule has 0 aliphatic heterocycles. The van der Waals surface area contributed by atoms with Crippen LogP contribution in [0.1, 0.15) is 12.0 Å². The molecule has 0 aliphatic rings. The van der Waals surface area contributed by atoms with Crippen molar-refractivity contribution in [2.45, 2.75) is 17.9 Å². The molecule has 0 unspecified atom stereocenters. The Hall–Kier alpha value is -2.15. The fourth-order valence-corrected chi connectivity index (χ4v) is 3.88. The fraction of sp³-hybridized carbons (Fsp3) is 0.286. The van der Waals surface area contributed by atoms with Crippen molar-refractivity contribution < 1.29 is 13.2 Å². The van der Waals surface area contributed by atoms with Gasteiger partial charge >= 0.3 is 0 Å². The molecule has 0 atom stereocenters. The smallest absolute Gasteiger partial charge is 0.175 e. The number of ether oxygens (including phenoxy) is 1. The number of aromatic nitrogens is 1. The Morgan fingerprint density at radius 2 is 1.96 bits per heavy atom. The Morgan fingerprint density at radius 1 is 1.14 bits per heavy atom. The maximum atomic E-state index is 11.6. The second kappa shape index (κ2) is 8.90. The topological polar surface area (TPSA) is 59.5 Å². The third-order valence-corrected chi connectivity index (χ3v) is 5.87. The lowest BCUT2D eigenvalue weighted by molar-refractivity contribution is 0.259. The van der Waals surface area contributed by atoms with E-state index in [4.69, 9.17) is 16.3 Å². The molecule has 3 rings (SSSR count). The number of hydrogen-bond donors (Lipinski definition) is 0. The van der Waals surface area contributed by atoms with Crippen LogP contribution in [-0.4, -0.2) is 44.8 Å². The largest absolute Gasteiger partial charge is 0.494 e. The minimum Gasteiger partial charge on any atom is -0.494 e. The summed E-state index contributed by atoms with van der Waals surface area (Å²) in [5, 5.41) is 1.67. The number of fused-ring (bicyclic) bond motifs is 1. The van der Waals surface area contributed by atoms with Crippen LogP contribution in [0.2, 0.25) is 5.02 Å². The molecule has 1 aromatic heterocycles. The number of sulfone groups is 1. The van der Waals surface area contributed by atoms with E-state index >= 15 is 0 Å². The van der Waals surface area contributed by atoms with Gasteiger partial charge in [-0.1, -0.05) is 23.7 Å². The molecule has 0 bridgehead atoms. The van der Waals surface area contributed by atoms with Crippen LogP contribution in [0.15, 0.2) is 59.6 Å². The van der Waals surface area contributed by atoms with Crippen LogP contribution in [0.4, 0.5) is 0 Å². The van der Waals surface area contributed by atoms with Crippen molar-refractivity contribution >= 4 is 32.3 Å². The molecule has 0 saturated carbocycles. The Labute approximate surface area is 170 Å². The molecule has 0 spiro atoms. The maximum absolute atomic E-state index is 11.6. The molecule has 0 amide bonds. The van der Waals surface area contributed by atoms with Crippen molar-refractivity contribution in [1.29, 1.82) is 0 Å². The van der Waals surface area contributed by atoms with Crippen LogP contribution in [0.5, 0.6) is 5.75 Å². The third-order valence-electron chi connectivity index (χ3n) is 4.43. The molecule has 0 N–H and O–H groups in total. The minimum absolute atomic E-state index is 0.268. The first-order valence-electron chi connectivity index (χ1n) is 8.98. The monoisotopic (exact) mass is 418 g/mol. The molecule has 148 valence electrons. The van der Waals surface area contributed by atoms with Crippen LogP contribution in [0, 0.1) is 0 Å². The zero-order chi connectivity index (χ0) is 20.1. The lowest BCUT2D eigenvalue weighted by Crippen LogP contribution is -2.21. The number of rotatable bonds is 8. The quantitative estimate of drug-likeness (QED) is 0.513. The van der Waals surface area contributed by atoms with E-state index in [1.807, 2.05) is 31.3 Å². The molecule has 0 saturated heterocycles. The summed E-state index contributed by atoms with van der Waals surface area (Å²) >= 11 is 6.26. The number of benzene rings is 2. The van der Waals surface area contributed by atoms with Crippen molar-refractivity contribution in [3.63, 3.8) is 0 Å². The minimum atomic E-state index is -3.23. The van der Waals surface area contributed by atoms with Crippen LogP contribution < -0.4 is 4.74 Å². The molecular weight excluding hydrogens is 396 g/mol. The SMILES string of the molecule is CN(CCCOc1cccc(S(C)(=O)=O)c1)Cc1ccc(Cl)c2cccnc12. The van der Waals surface area contributed by atoms with Gasteiger partial charge in [0, 0.05) is 36.0 Å². The van der Waals surface area contributed by atoms with Crippen LogP contribution in [-0.2, 0) is 16.4 Å². The van der Waals surface area contributed by atoms with E-state index in [-0.39, 0.29) is 4.90 Å². The summed E-state index contributed by atoms with van der Waals surface area (Å²) in [6.45, 7) is 2.11. The normalized spacial score (nSPS) is 11.9. The first-order chi connectivity index (χ1) is 13.3. The number of nitrogens with zero attached hydrogens (tertiary/aromatic N) is 2. The molecule has 7 heteroatoms. The van der Waals surface area contributed by atoms with Gasteiger partial charge in [0.1, 0.15) is 5.75 Å². The number of pyridine rings is 1. The van der Waals surface area contributed by atoms with E-state index in [0.29, 0.717) is 17.4 Å². The van der Waals surface area contributed by atoms with Gasteiger partial charge in [-0.25, -0.2) is 8.42 Å². The zero-order valence-corrected chi connectivity index (χ0v) is 17.5. The van der Waals surface area contributed by atoms with Gasteiger partial charge in [0.05, 0.1) is 17.0 Å². The van der Waals surface area contributed by atoms with Gasteiger partial charge in [-0.15, -0.1) is 0 Å². The maximum Gasteiger partial charge on any atom is 0.175 e. The highest BCUT2D eigenvalue weighted by molar-refractivity contribution is 7.90. The second-order valence-corrected chi connectivity index (χ2v) is 9.22. The first-order valence-corrected chi connectivity index (χ1v) is 11.2. The van der Waals surface area contributed by atoms with Gasteiger partial charge < -0.3 is 9.64 Å². The molecule has 1 heterocycles. The predicted octanol–water partition coefficient (Wildman–Crippen LogP) is 4.19. The lowest BCUT2D eigenvalue weighted by atomic mass is 10.1. The van der Waals surface area contributed by atoms with Crippen LogP contribution in [0.3, 0.4) is 0 Å². The van der Waals surface area contributed by atoms with E-state index in [1.54, 1.807) is 30.5 Å². The summed E-state index contributed by atoms with van der Waals surface area (Å²) in [4.78, 5) is 6.94.